The van der Waals surface area contributed by atoms with E-state index in [4.69, 9.17) is 23.7 Å². The van der Waals surface area contributed by atoms with E-state index >= 15 is 0 Å². The average Bonchev–Trinajstić information content (AvgIpc) is 3.08. The lowest BCUT2D eigenvalue weighted by Gasteiger charge is -2.28. The van der Waals surface area contributed by atoms with Crippen LogP contribution in [0.4, 0.5) is 4.79 Å². The van der Waals surface area contributed by atoms with Crippen LogP contribution in [0.1, 0.15) is 42.1 Å². The minimum absolute atomic E-state index is 0.178. The molecular formula is C34H34IN5O8. The third-order valence-corrected chi connectivity index (χ3v) is 7.85. The van der Waals surface area contributed by atoms with Gasteiger partial charge in [0.05, 0.1) is 47.6 Å². The highest BCUT2D eigenvalue weighted by Gasteiger charge is 2.32. The van der Waals surface area contributed by atoms with Gasteiger partial charge in [-0.25, -0.2) is 15.0 Å². The first-order valence-corrected chi connectivity index (χ1v) is 15.8. The zero-order chi connectivity index (χ0) is 34.6. The third kappa shape index (κ3) is 8.94. The summed E-state index contributed by atoms with van der Waals surface area (Å²) in [4.78, 5) is 37.3. The Morgan fingerprint density at radius 2 is 1.83 bits per heavy atom. The molecule has 0 aromatic heterocycles. The fourth-order valence-corrected chi connectivity index (χ4v) is 5.61. The summed E-state index contributed by atoms with van der Waals surface area (Å²) >= 11 is 2.16. The van der Waals surface area contributed by atoms with Crippen LogP contribution in [0.25, 0.3) is 0 Å². The Kier molecular flexibility index (Phi) is 12.6. The Hall–Kier alpha value is -5.30. The van der Waals surface area contributed by atoms with Gasteiger partial charge in [0, 0.05) is 23.9 Å². The highest BCUT2D eigenvalue weighted by molar-refractivity contribution is 14.1. The number of amides is 3. The van der Waals surface area contributed by atoms with Crippen molar-refractivity contribution in [3.05, 3.63) is 91.7 Å². The van der Waals surface area contributed by atoms with Crippen molar-refractivity contribution in [2.75, 3.05) is 27.4 Å². The number of carbonyl (C=O) groups is 3. The molecule has 1 aliphatic rings. The summed E-state index contributed by atoms with van der Waals surface area (Å²) < 4.78 is 28.7. The summed E-state index contributed by atoms with van der Waals surface area (Å²) in [6.45, 7) is 3.36. The van der Waals surface area contributed by atoms with Crippen molar-refractivity contribution in [2.24, 2.45) is 5.10 Å². The largest absolute Gasteiger partial charge is 0.493 e. The molecule has 3 aromatic rings. The maximum atomic E-state index is 12.6. The van der Waals surface area contributed by atoms with Crippen LogP contribution < -0.4 is 35.0 Å². The number of carbonyl (C=O) groups excluding carboxylic acids is 3. The Balaban J connectivity index is 1.34. The van der Waals surface area contributed by atoms with Gasteiger partial charge in [-0.2, -0.15) is 10.4 Å². The van der Waals surface area contributed by atoms with Gasteiger partial charge < -0.3 is 34.3 Å². The molecule has 0 bridgehead atoms. The number of esters is 1. The van der Waals surface area contributed by atoms with Crippen LogP contribution in [0.2, 0.25) is 0 Å². The molecule has 0 radical (unpaired) electrons. The minimum atomic E-state index is -0.780. The lowest BCUT2D eigenvalue weighted by molar-refractivity contribution is -0.139. The van der Waals surface area contributed by atoms with E-state index in [1.165, 1.54) is 7.11 Å². The number of ether oxygens (including phenoxy) is 5. The Bertz CT molecular complexity index is 1790. The van der Waals surface area contributed by atoms with Crippen LogP contribution in [0.5, 0.6) is 23.0 Å². The number of hydrazone groups is 1. The fraction of sp³-hybridized carbons (Fsp3) is 0.265. The summed E-state index contributed by atoms with van der Waals surface area (Å²) in [6, 6.07) is 16.8. The lowest BCUT2D eigenvalue weighted by atomic mass is 9.95. The van der Waals surface area contributed by atoms with Crippen LogP contribution in [0.15, 0.2) is 71.0 Å². The van der Waals surface area contributed by atoms with Crippen molar-refractivity contribution in [1.29, 1.82) is 5.26 Å². The van der Waals surface area contributed by atoms with E-state index in [-0.39, 0.29) is 31.1 Å². The number of hydrogen-bond donors (Lipinski definition) is 3. The molecule has 3 amide bonds. The van der Waals surface area contributed by atoms with Crippen molar-refractivity contribution in [2.45, 2.75) is 32.9 Å². The fourth-order valence-electron chi connectivity index (χ4n) is 4.79. The third-order valence-electron chi connectivity index (χ3n) is 7.05. The predicted molar refractivity (Wildman–Crippen MR) is 184 cm³/mol. The highest BCUT2D eigenvalue weighted by Crippen LogP contribution is 2.36. The van der Waals surface area contributed by atoms with E-state index in [2.05, 4.69) is 49.8 Å². The van der Waals surface area contributed by atoms with Crippen molar-refractivity contribution in [3.63, 3.8) is 0 Å². The smallest absolute Gasteiger partial charge is 0.338 e. The molecule has 48 heavy (non-hydrogen) atoms. The van der Waals surface area contributed by atoms with Gasteiger partial charge in [-0.15, -0.1) is 0 Å². The molecule has 0 fully saturated rings. The van der Waals surface area contributed by atoms with Crippen molar-refractivity contribution >= 4 is 46.7 Å². The Morgan fingerprint density at radius 3 is 2.56 bits per heavy atom. The number of rotatable bonds is 14. The van der Waals surface area contributed by atoms with Gasteiger partial charge in [-0.05, 0) is 77.9 Å². The van der Waals surface area contributed by atoms with E-state index in [0.717, 1.165) is 14.7 Å². The molecule has 0 aliphatic carbocycles. The van der Waals surface area contributed by atoms with E-state index < -0.39 is 23.9 Å². The van der Waals surface area contributed by atoms with Crippen LogP contribution in [0.3, 0.4) is 0 Å². The molecule has 1 atom stereocenters. The van der Waals surface area contributed by atoms with Crippen LogP contribution >= 0.6 is 22.6 Å². The SMILES string of the molecule is CCOC(=O)C1=C(C)NC(=O)N[C@@H]1c1ccc(OCC(=O)N/N=C\Cc2cc(I)c(OCc3ccccc3C#N)c(OC)c2)c(OC)c1. The summed E-state index contributed by atoms with van der Waals surface area (Å²) in [6.07, 6.45) is 1.95. The first-order chi connectivity index (χ1) is 23.2. The second-order valence-corrected chi connectivity index (χ2v) is 11.4. The van der Waals surface area contributed by atoms with Gasteiger partial charge in [0.1, 0.15) is 6.61 Å². The number of allylic oxidation sites excluding steroid dienone is 1. The number of methoxy groups -OCH3 is 2. The highest BCUT2D eigenvalue weighted by atomic mass is 127. The molecule has 0 saturated carbocycles. The molecule has 1 heterocycles. The molecule has 0 saturated heterocycles. The number of nitrogens with one attached hydrogen (secondary N) is 3. The normalized spacial score (nSPS) is 14.0. The average molecular weight is 768 g/mol. The van der Waals surface area contributed by atoms with Crippen LogP contribution in [0, 0.1) is 14.9 Å². The molecular weight excluding hydrogens is 733 g/mol. The van der Waals surface area contributed by atoms with Crippen molar-refractivity contribution < 1.29 is 38.1 Å². The Morgan fingerprint density at radius 1 is 1.06 bits per heavy atom. The molecule has 4 rings (SSSR count). The van der Waals surface area contributed by atoms with Gasteiger partial charge in [0.15, 0.2) is 29.6 Å². The molecule has 1 aliphatic heterocycles. The molecule has 0 unspecified atom stereocenters. The number of halogens is 1. The number of hydrogen-bond acceptors (Lipinski definition) is 10. The predicted octanol–water partition coefficient (Wildman–Crippen LogP) is 4.67. The summed E-state index contributed by atoms with van der Waals surface area (Å²) in [5, 5.41) is 18.7. The van der Waals surface area contributed by atoms with Crippen LogP contribution in [-0.4, -0.2) is 51.6 Å². The first kappa shape index (κ1) is 35.6. The van der Waals surface area contributed by atoms with E-state index in [1.54, 1.807) is 57.5 Å². The summed E-state index contributed by atoms with van der Waals surface area (Å²) in [7, 11) is 2.99. The number of benzene rings is 3. The molecule has 14 heteroatoms. The molecule has 3 aromatic carbocycles. The summed E-state index contributed by atoms with van der Waals surface area (Å²) in [5.41, 5.74) is 5.83. The molecule has 13 nitrogen and oxygen atoms in total. The van der Waals surface area contributed by atoms with Gasteiger partial charge in [0.25, 0.3) is 5.91 Å². The van der Waals surface area contributed by atoms with Gasteiger partial charge in [-0.1, -0.05) is 24.3 Å². The van der Waals surface area contributed by atoms with Crippen molar-refractivity contribution in [3.8, 4) is 29.1 Å². The monoisotopic (exact) mass is 767 g/mol. The number of nitriles is 1. The first-order valence-electron chi connectivity index (χ1n) is 14.7. The quantitative estimate of drug-likeness (QED) is 0.0914. The topological polar surface area (TPSA) is 170 Å². The lowest BCUT2D eigenvalue weighted by Crippen LogP contribution is -2.45. The zero-order valence-electron chi connectivity index (χ0n) is 26.7. The Labute approximate surface area is 291 Å². The van der Waals surface area contributed by atoms with Gasteiger partial charge >= 0.3 is 12.0 Å². The summed E-state index contributed by atoms with van der Waals surface area (Å²) in [5.74, 6) is 0.607. The molecule has 250 valence electrons. The second kappa shape index (κ2) is 17.0. The minimum Gasteiger partial charge on any atom is -0.493 e. The van der Waals surface area contributed by atoms with E-state index in [9.17, 15) is 19.6 Å². The standard InChI is InChI=1S/C34H34IN5O8/c1-5-46-33(42)30-20(2)38-34(43)39-31(30)22-10-11-26(27(16-22)44-3)47-19-29(41)40-37-13-12-21-14-25(35)32(28(15-21)45-4)48-18-24-9-7-6-8-23(24)17-36/h6-11,13-16,31H,5,12,18-19H2,1-4H3,(H,40,41)(H2,38,39,43)/b37-13-/t31-/m1/s1. The van der Waals surface area contributed by atoms with Gasteiger partial charge in [0.2, 0.25) is 0 Å². The second-order valence-electron chi connectivity index (χ2n) is 10.2. The van der Waals surface area contributed by atoms with E-state index in [0.29, 0.717) is 40.5 Å². The maximum absolute atomic E-state index is 12.6. The molecule has 3 N–H and O–H groups in total. The number of urea groups is 1. The zero-order valence-corrected chi connectivity index (χ0v) is 28.9. The van der Waals surface area contributed by atoms with Gasteiger partial charge in [-0.3, -0.25) is 4.79 Å². The molecule has 0 spiro atoms. The maximum Gasteiger partial charge on any atom is 0.338 e. The van der Waals surface area contributed by atoms with Crippen LogP contribution in [-0.2, 0) is 27.4 Å². The van der Waals surface area contributed by atoms with Crippen molar-refractivity contribution in [1.82, 2.24) is 16.1 Å². The number of nitrogens with zero attached hydrogens (tertiary/aromatic N) is 2. The van der Waals surface area contributed by atoms with E-state index in [1.807, 2.05) is 24.3 Å².